The molecule has 1 aliphatic heterocycles. The first-order chi connectivity index (χ1) is 9.10. The molecule has 1 atom stereocenters. The molecule has 0 aliphatic carbocycles. The molecule has 2 rings (SSSR count). The van der Waals surface area contributed by atoms with Crippen molar-refractivity contribution in [2.75, 3.05) is 32.7 Å². The summed E-state index contributed by atoms with van der Waals surface area (Å²) in [5, 5.41) is 3.77. The summed E-state index contributed by atoms with van der Waals surface area (Å²) < 4.78 is 5.10. The van der Waals surface area contributed by atoms with Crippen molar-refractivity contribution in [3.63, 3.8) is 0 Å². The number of carbonyl (C=O) groups is 1. The van der Waals surface area contributed by atoms with Crippen LogP contribution < -0.4 is 5.73 Å². The number of nitrogens with zero attached hydrogens (tertiary/aromatic N) is 4. The van der Waals surface area contributed by atoms with Crippen LogP contribution in [0.5, 0.6) is 0 Å². The molecule has 0 saturated carbocycles. The summed E-state index contributed by atoms with van der Waals surface area (Å²) in [6.07, 6.45) is 0. The molecular formula is C12H21N5O2. The summed E-state index contributed by atoms with van der Waals surface area (Å²) in [7, 11) is 0. The highest BCUT2D eigenvalue weighted by atomic mass is 16.5. The van der Waals surface area contributed by atoms with Gasteiger partial charge in [0.05, 0.1) is 6.54 Å². The monoisotopic (exact) mass is 267 g/mol. The van der Waals surface area contributed by atoms with Gasteiger partial charge in [-0.25, -0.2) is 0 Å². The van der Waals surface area contributed by atoms with E-state index in [2.05, 4.69) is 15.0 Å². The first kappa shape index (κ1) is 14.0. The van der Waals surface area contributed by atoms with E-state index < -0.39 is 0 Å². The predicted octanol–water partition coefficient (Wildman–Crippen LogP) is -0.383. The molecule has 1 aromatic heterocycles. The van der Waals surface area contributed by atoms with Gasteiger partial charge in [0.15, 0.2) is 5.82 Å². The second-order valence-corrected chi connectivity index (χ2v) is 4.97. The molecule has 7 nitrogen and oxygen atoms in total. The van der Waals surface area contributed by atoms with Crippen LogP contribution in [0, 0.1) is 12.8 Å². The minimum atomic E-state index is -0.0925. The lowest BCUT2D eigenvalue weighted by Crippen LogP contribution is -2.50. The van der Waals surface area contributed by atoms with E-state index >= 15 is 0 Å². The van der Waals surface area contributed by atoms with Crippen molar-refractivity contribution in [1.82, 2.24) is 19.9 Å². The van der Waals surface area contributed by atoms with Crippen molar-refractivity contribution >= 4 is 5.91 Å². The Morgan fingerprint density at radius 3 is 2.63 bits per heavy atom. The Labute approximate surface area is 112 Å². The van der Waals surface area contributed by atoms with Gasteiger partial charge < -0.3 is 15.2 Å². The Morgan fingerprint density at radius 2 is 2.11 bits per heavy atom. The molecule has 1 saturated heterocycles. The van der Waals surface area contributed by atoms with Gasteiger partial charge in [0, 0.05) is 38.6 Å². The zero-order valence-electron chi connectivity index (χ0n) is 11.5. The van der Waals surface area contributed by atoms with E-state index in [1.807, 2.05) is 11.8 Å². The molecule has 1 fully saturated rings. The topological polar surface area (TPSA) is 88.5 Å². The lowest BCUT2D eigenvalue weighted by Gasteiger charge is -2.35. The van der Waals surface area contributed by atoms with E-state index in [4.69, 9.17) is 10.3 Å². The minimum absolute atomic E-state index is 0.0925. The second-order valence-electron chi connectivity index (χ2n) is 4.97. The average molecular weight is 267 g/mol. The Kier molecular flexibility index (Phi) is 4.49. The maximum Gasteiger partial charge on any atom is 0.240 e. The summed E-state index contributed by atoms with van der Waals surface area (Å²) >= 11 is 0. The summed E-state index contributed by atoms with van der Waals surface area (Å²) in [5.74, 6) is 1.34. The van der Waals surface area contributed by atoms with Gasteiger partial charge in [-0.05, 0) is 6.92 Å². The molecule has 0 radical (unpaired) electrons. The Balaban J connectivity index is 1.81. The van der Waals surface area contributed by atoms with Crippen molar-refractivity contribution in [2.24, 2.45) is 11.7 Å². The number of aryl methyl sites for hydroxylation is 1. The Morgan fingerprint density at radius 1 is 1.42 bits per heavy atom. The smallest absolute Gasteiger partial charge is 0.240 e. The molecular weight excluding hydrogens is 246 g/mol. The third-order valence-electron chi connectivity index (χ3n) is 3.39. The first-order valence-electron chi connectivity index (χ1n) is 6.60. The highest BCUT2D eigenvalue weighted by Crippen LogP contribution is 2.09. The van der Waals surface area contributed by atoms with Crippen LogP contribution in [0.25, 0.3) is 0 Å². The van der Waals surface area contributed by atoms with Gasteiger partial charge in [-0.1, -0.05) is 12.1 Å². The van der Waals surface area contributed by atoms with E-state index in [0.29, 0.717) is 24.8 Å². The quantitative estimate of drug-likeness (QED) is 0.800. The fraction of sp³-hybridized carbons (Fsp3) is 0.750. The van der Waals surface area contributed by atoms with E-state index in [9.17, 15) is 4.79 Å². The molecule has 19 heavy (non-hydrogen) atoms. The van der Waals surface area contributed by atoms with Gasteiger partial charge in [-0.2, -0.15) is 4.98 Å². The molecule has 7 heteroatoms. The molecule has 0 bridgehead atoms. The van der Waals surface area contributed by atoms with Crippen molar-refractivity contribution in [2.45, 2.75) is 20.4 Å². The SMILES string of the molecule is Cc1noc(CN2CCN(C(=O)C(C)CN)CC2)n1. The number of nitrogens with two attached hydrogens (primary N) is 1. The van der Waals surface area contributed by atoms with Crippen LogP contribution in [0.3, 0.4) is 0 Å². The van der Waals surface area contributed by atoms with Gasteiger partial charge in [-0.15, -0.1) is 0 Å². The third kappa shape index (κ3) is 3.51. The van der Waals surface area contributed by atoms with Crippen molar-refractivity contribution in [3.8, 4) is 0 Å². The van der Waals surface area contributed by atoms with Gasteiger partial charge in [0.25, 0.3) is 0 Å². The normalized spacial score (nSPS) is 18.6. The Hall–Kier alpha value is -1.47. The predicted molar refractivity (Wildman–Crippen MR) is 69.1 cm³/mol. The number of carbonyl (C=O) groups excluding carboxylic acids is 1. The zero-order valence-corrected chi connectivity index (χ0v) is 11.5. The largest absolute Gasteiger partial charge is 0.340 e. The molecule has 1 amide bonds. The fourth-order valence-electron chi connectivity index (χ4n) is 2.13. The molecule has 2 N–H and O–H groups in total. The summed E-state index contributed by atoms with van der Waals surface area (Å²) in [5.41, 5.74) is 5.53. The maximum absolute atomic E-state index is 12.0. The maximum atomic E-state index is 12.0. The van der Waals surface area contributed by atoms with Crippen molar-refractivity contribution in [1.29, 1.82) is 0 Å². The van der Waals surface area contributed by atoms with Crippen molar-refractivity contribution in [3.05, 3.63) is 11.7 Å². The van der Waals surface area contributed by atoms with E-state index in [0.717, 1.165) is 26.2 Å². The van der Waals surface area contributed by atoms with Crippen LogP contribution in [-0.2, 0) is 11.3 Å². The highest BCUT2D eigenvalue weighted by molar-refractivity contribution is 5.78. The molecule has 106 valence electrons. The van der Waals surface area contributed by atoms with Crippen molar-refractivity contribution < 1.29 is 9.32 Å². The molecule has 0 spiro atoms. The number of hydrogen-bond acceptors (Lipinski definition) is 6. The van der Waals surface area contributed by atoms with Crippen LogP contribution in [-0.4, -0.2) is 58.6 Å². The van der Waals surface area contributed by atoms with Crippen LogP contribution >= 0.6 is 0 Å². The number of amides is 1. The van der Waals surface area contributed by atoms with E-state index in [-0.39, 0.29) is 11.8 Å². The molecule has 2 heterocycles. The average Bonchev–Trinajstić information content (AvgIpc) is 2.83. The Bertz CT molecular complexity index is 426. The van der Waals surface area contributed by atoms with Gasteiger partial charge >= 0.3 is 0 Å². The first-order valence-corrected chi connectivity index (χ1v) is 6.60. The molecule has 1 unspecified atom stereocenters. The summed E-state index contributed by atoms with van der Waals surface area (Å²) in [4.78, 5) is 20.3. The van der Waals surface area contributed by atoms with E-state index in [1.54, 1.807) is 6.92 Å². The minimum Gasteiger partial charge on any atom is -0.340 e. The standard InChI is InChI=1S/C12H21N5O2/c1-9(7-13)12(18)17-5-3-16(4-6-17)8-11-14-10(2)15-19-11/h9H,3-8,13H2,1-2H3. The highest BCUT2D eigenvalue weighted by Gasteiger charge is 2.24. The second kappa shape index (κ2) is 6.12. The number of hydrogen-bond donors (Lipinski definition) is 1. The van der Waals surface area contributed by atoms with E-state index in [1.165, 1.54) is 0 Å². The number of piperazine rings is 1. The van der Waals surface area contributed by atoms with Crippen LogP contribution in [0.15, 0.2) is 4.52 Å². The van der Waals surface area contributed by atoms with Gasteiger partial charge in [0.2, 0.25) is 11.8 Å². The zero-order chi connectivity index (χ0) is 13.8. The third-order valence-corrected chi connectivity index (χ3v) is 3.39. The lowest BCUT2D eigenvalue weighted by molar-refractivity contribution is -0.136. The van der Waals surface area contributed by atoms with Gasteiger partial charge in [-0.3, -0.25) is 9.69 Å². The number of rotatable bonds is 4. The summed E-state index contributed by atoms with van der Waals surface area (Å²) in [6.45, 7) is 7.84. The van der Waals surface area contributed by atoms with Gasteiger partial charge in [0.1, 0.15) is 0 Å². The molecule has 1 aromatic rings. The van der Waals surface area contributed by atoms with Crippen LogP contribution in [0.2, 0.25) is 0 Å². The lowest BCUT2D eigenvalue weighted by atomic mass is 10.1. The van der Waals surface area contributed by atoms with Crippen LogP contribution in [0.4, 0.5) is 0 Å². The fourth-order valence-corrected chi connectivity index (χ4v) is 2.13. The summed E-state index contributed by atoms with van der Waals surface area (Å²) in [6, 6.07) is 0. The molecule has 1 aliphatic rings. The van der Waals surface area contributed by atoms with Crippen LogP contribution in [0.1, 0.15) is 18.6 Å². The molecule has 0 aromatic carbocycles. The number of aromatic nitrogens is 2.